The Balaban J connectivity index is 2.02. The molecule has 1 aromatic carbocycles. The van der Waals surface area contributed by atoms with Gasteiger partial charge in [0, 0.05) is 0 Å². The topological polar surface area (TPSA) is 80.8 Å². The molecular formula is C15H15Cl2NO5SSe. The SMILES string of the molecule is CC1(C)[C@H](C(=O)OCCl)N2C(=O)[C@@](Cl)([Se]c3ccccc3)[C@H]2S1(=O)=O. The Kier molecular flexibility index (Phi) is 4.66. The number of nitrogens with zero attached hydrogens (tertiary/aromatic N) is 1. The average molecular weight is 471 g/mol. The molecule has 6 nitrogen and oxygen atoms in total. The van der Waals surface area contributed by atoms with Crippen molar-refractivity contribution in [3.63, 3.8) is 0 Å². The van der Waals surface area contributed by atoms with Gasteiger partial charge in [-0.3, -0.25) is 0 Å². The van der Waals surface area contributed by atoms with Gasteiger partial charge in [-0.2, -0.15) is 0 Å². The van der Waals surface area contributed by atoms with Crippen LogP contribution < -0.4 is 4.46 Å². The van der Waals surface area contributed by atoms with Crippen LogP contribution >= 0.6 is 23.2 Å². The first-order valence-electron chi connectivity index (χ1n) is 7.31. The van der Waals surface area contributed by atoms with Gasteiger partial charge in [0.2, 0.25) is 0 Å². The number of carbonyl (C=O) groups is 2. The Labute approximate surface area is 161 Å². The maximum atomic E-state index is 13.0. The molecule has 2 aliphatic heterocycles. The van der Waals surface area contributed by atoms with Gasteiger partial charge in [0.05, 0.1) is 0 Å². The van der Waals surface area contributed by atoms with Crippen LogP contribution in [0.1, 0.15) is 13.8 Å². The molecule has 0 bridgehead atoms. The first-order valence-corrected chi connectivity index (χ1v) is 11.5. The molecule has 2 heterocycles. The summed E-state index contributed by atoms with van der Waals surface area (Å²) in [6.45, 7) is 2.81. The van der Waals surface area contributed by atoms with E-state index < -0.39 is 62.7 Å². The number of sulfone groups is 1. The Bertz CT molecular complexity index is 832. The first kappa shape index (κ1) is 19.0. The number of ether oxygens (including phenoxy) is 1. The average Bonchev–Trinajstić information content (AvgIpc) is 2.70. The first-order chi connectivity index (χ1) is 11.6. The van der Waals surface area contributed by atoms with Gasteiger partial charge in [0.25, 0.3) is 0 Å². The third kappa shape index (κ3) is 2.53. The fourth-order valence-corrected chi connectivity index (χ4v) is 9.64. The van der Waals surface area contributed by atoms with Crippen molar-refractivity contribution in [1.29, 1.82) is 0 Å². The minimum absolute atomic E-state index is 0.419. The second-order valence-electron chi connectivity index (χ2n) is 6.25. The third-order valence-corrected chi connectivity index (χ3v) is 11.2. The summed E-state index contributed by atoms with van der Waals surface area (Å²) in [5.41, 5.74) is 0. The molecule has 3 atom stereocenters. The van der Waals surface area contributed by atoms with E-state index in [2.05, 4.69) is 0 Å². The summed E-state index contributed by atoms with van der Waals surface area (Å²) < 4.78 is 28.6. The molecule has 1 amide bonds. The van der Waals surface area contributed by atoms with E-state index in [-0.39, 0.29) is 0 Å². The van der Waals surface area contributed by atoms with Crippen molar-refractivity contribution in [3.05, 3.63) is 30.3 Å². The maximum absolute atomic E-state index is 13.0. The normalized spacial score (nSPS) is 32.0. The molecule has 2 fully saturated rings. The van der Waals surface area contributed by atoms with E-state index in [4.69, 9.17) is 27.9 Å². The zero-order chi connectivity index (χ0) is 18.6. The van der Waals surface area contributed by atoms with Gasteiger partial charge < -0.3 is 0 Å². The molecule has 0 saturated carbocycles. The van der Waals surface area contributed by atoms with E-state index in [0.717, 1.165) is 9.36 Å². The molecule has 0 spiro atoms. The molecule has 10 heteroatoms. The zero-order valence-corrected chi connectivity index (χ0v) is 17.4. The fraction of sp³-hybridized carbons (Fsp3) is 0.467. The minimum atomic E-state index is -3.89. The second kappa shape index (κ2) is 6.13. The van der Waals surface area contributed by atoms with Gasteiger partial charge >= 0.3 is 162 Å². The summed E-state index contributed by atoms with van der Waals surface area (Å²) in [5.74, 6) is -1.40. The van der Waals surface area contributed by atoms with Crippen LogP contribution in [0.25, 0.3) is 0 Å². The van der Waals surface area contributed by atoms with Crippen LogP contribution in [-0.2, 0) is 24.2 Å². The summed E-state index contributed by atoms with van der Waals surface area (Å²) in [5, 5.41) is -1.25. The molecule has 2 saturated heterocycles. The standard InChI is InChI=1S/C15H15Cl2NO5SSe/c1-14(2)10(11(19)23-8-16)18-12(20)15(17,13(18)24(14,21)22)25-9-6-4-3-5-7-9/h3-7,10,13H,8H2,1-2H3/t10-,13+,15+/m0/s1. The van der Waals surface area contributed by atoms with Crippen LogP contribution in [0.2, 0.25) is 0 Å². The molecule has 25 heavy (non-hydrogen) atoms. The predicted molar refractivity (Wildman–Crippen MR) is 94.6 cm³/mol. The molecule has 3 rings (SSSR count). The van der Waals surface area contributed by atoms with Crippen LogP contribution in [0.5, 0.6) is 0 Å². The zero-order valence-electron chi connectivity index (χ0n) is 13.3. The second-order valence-corrected chi connectivity index (χ2v) is 12.9. The van der Waals surface area contributed by atoms with E-state index in [1.807, 2.05) is 6.07 Å². The number of alkyl halides is 2. The quantitative estimate of drug-likeness (QED) is 0.276. The van der Waals surface area contributed by atoms with E-state index in [0.29, 0.717) is 0 Å². The Morgan fingerprint density at radius 1 is 1.32 bits per heavy atom. The number of hydrogen-bond donors (Lipinski definition) is 0. The number of carbonyl (C=O) groups excluding carboxylic acids is 2. The number of benzene rings is 1. The van der Waals surface area contributed by atoms with Crippen molar-refractivity contribution in [2.75, 3.05) is 6.07 Å². The van der Waals surface area contributed by atoms with E-state index in [9.17, 15) is 18.0 Å². The third-order valence-electron chi connectivity index (χ3n) is 4.49. The van der Waals surface area contributed by atoms with Gasteiger partial charge in [-0.15, -0.1) is 0 Å². The van der Waals surface area contributed by atoms with Crippen LogP contribution in [-0.4, -0.2) is 66.2 Å². The molecule has 0 N–H and O–H groups in total. The van der Waals surface area contributed by atoms with Gasteiger partial charge in [-0.05, 0) is 0 Å². The van der Waals surface area contributed by atoms with Crippen molar-refractivity contribution in [2.24, 2.45) is 0 Å². The van der Waals surface area contributed by atoms with E-state index in [1.54, 1.807) is 24.3 Å². The molecular weight excluding hydrogens is 456 g/mol. The Morgan fingerprint density at radius 3 is 2.48 bits per heavy atom. The molecule has 136 valence electrons. The van der Waals surface area contributed by atoms with Crippen LogP contribution in [0.4, 0.5) is 0 Å². The molecule has 0 unspecified atom stereocenters. The number of esters is 1. The van der Waals surface area contributed by atoms with Crippen molar-refractivity contribution >= 4 is 64.3 Å². The number of halogens is 2. The summed E-state index contributed by atoms with van der Waals surface area (Å²) in [6, 6.07) is 7.34. The number of fused-ring (bicyclic) bond motifs is 1. The van der Waals surface area contributed by atoms with Crippen molar-refractivity contribution < 1.29 is 22.7 Å². The molecule has 0 aliphatic carbocycles. The molecule has 0 aromatic heterocycles. The van der Waals surface area contributed by atoms with Crippen molar-refractivity contribution in [1.82, 2.24) is 4.90 Å². The Hall–Kier alpha value is -0.791. The summed E-state index contributed by atoms with van der Waals surface area (Å²) >= 11 is 11.3. The summed E-state index contributed by atoms with van der Waals surface area (Å²) in [4.78, 5) is 26.1. The number of amides is 1. The van der Waals surface area contributed by atoms with Crippen molar-refractivity contribution in [3.8, 4) is 0 Å². The monoisotopic (exact) mass is 471 g/mol. The van der Waals surface area contributed by atoms with Gasteiger partial charge in [0.15, 0.2) is 0 Å². The molecule has 0 radical (unpaired) electrons. The Morgan fingerprint density at radius 2 is 1.92 bits per heavy atom. The van der Waals surface area contributed by atoms with Gasteiger partial charge in [-0.25, -0.2) is 0 Å². The van der Waals surface area contributed by atoms with Crippen molar-refractivity contribution in [2.45, 2.75) is 33.8 Å². The number of rotatable bonds is 4. The van der Waals surface area contributed by atoms with Crippen LogP contribution in [0.3, 0.4) is 0 Å². The molecule has 2 aliphatic rings. The predicted octanol–water partition coefficient (Wildman–Crippen LogP) is 0.435. The van der Waals surface area contributed by atoms with Crippen LogP contribution in [0, 0.1) is 0 Å². The van der Waals surface area contributed by atoms with Crippen LogP contribution in [0.15, 0.2) is 30.3 Å². The van der Waals surface area contributed by atoms with E-state index in [1.165, 1.54) is 13.8 Å². The number of β-lactam (4-membered cyclic amide) rings is 1. The number of hydrogen-bond acceptors (Lipinski definition) is 5. The van der Waals surface area contributed by atoms with E-state index >= 15 is 0 Å². The summed E-state index contributed by atoms with van der Waals surface area (Å²) in [6.07, 6.45) is 0. The summed E-state index contributed by atoms with van der Waals surface area (Å²) in [7, 11) is -3.89. The molecule has 1 aromatic rings. The fourth-order valence-electron chi connectivity index (χ4n) is 3.17. The van der Waals surface area contributed by atoms with Gasteiger partial charge in [-0.1, -0.05) is 0 Å². The van der Waals surface area contributed by atoms with Gasteiger partial charge in [0.1, 0.15) is 0 Å².